The Balaban J connectivity index is 1.99. The lowest BCUT2D eigenvalue weighted by Crippen LogP contribution is -2.15. The third-order valence-electron chi connectivity index (χ3n) is 2.96. The van der Waals surface area contributed by atoms with Gasteiger partial charge in [-0.25, -0.2) is 4.39 Å². The molecule has 5 heteroatoms. The maximum atomic E-state index is 13.4. The van der Waals surface area contributed by atoms with E-state index < -0.39 is 5.82 Å². The van der Waals surface area contributed by atoms with Crippen LogP contribution in [0, 0.1) is 19.7 Å². The molecule has 0 fully saturated rings. The first-order valence-corrected chi connectivity index (χ1v) is 8.19. The first-order valence-electron chi connectivity index (χ1n) is 6.41. The molecule has 1 N–H and O–H groups in total. The van der Waals surface area contributed by atoms with E-state index in [1.54, 1.807) is 18.2 Å². The standard InChI is InChI=1S/C16H15BrFNOS/c1-10-8-15(11(2)7-12(10)17)21-9-16(20)19-14-6-4-3-5-13(14)18/h3-8H,9H2,1-2H3,(H,19,20). The summed E-state index contributed by atoms with van der Waals surface area (Å²) in [6.45, 7) is 4.01. The summed E-state index contributed by atoms with van der Waals surface area (Å²) in [6, 6.07) is 10.2. The normalized spacial score (nSPS) is 10.5. The lowest BCUT2D eigenvalue weighted by atomic mass is 10.2. The van der Waals surface area contributed by atoms with Gasteiger partial charge in [-0.2, -0.15) is 0 Å². The van der Waals surface area contributed by atoms with E-state index in [2.05, 4.69) is 21.2 Å². The highest BCUT2D eigenvalue weighted by atomic mass is 79.9. The van der Waals surface area contributed by atoms with Crippen LogP contribution in [0.3, 0.4) is 0 Å². The molecule has 2 aromatic carbocycles. The number of hydrogen-bond acceptors (Lipinski definition) is 2. The van der Waals surface area contributed by atoms with Crippen LogP contribution in [-0.2, 0) is 4.79 Å². The fraction of sp³-hybridized carbons (Fsp3) is 0.188. The van der Waals surface area contributed by atoms with E-state index in [9.17, 15) is 9.18 Å². The molecule has 0 spiro atoms. The zero-order valence-corrected chi connectivity index (χ0v) is 14.1. The number of benzene rings is 2. The number of hydrogen-bond donors (Lipinski definition) is 1. The molecule has 2 nitrogen and oxygen atoms in total. The van der Waals surface area contributed by atoms with E-state index in [1.807, 2.05) is 26.0 Å². The minimum Gasteiger partial charge on any atom is -0.323 e. The number of para-hydroxylation sites is 1. The minimum absolute atomic E-state index is 0.215. The SMILES string of the molecule is Cc1cc(SCC(=O)Nc2ccccc2F)c(C)cc1Br. The summed E-state index contributed by atoms with van der Waals surface area (Å²) >= 11 is 4.93. The van der Waals surface area contributed by atoms with E-state index >= 15 is 0 Å². The third-order valence-corrected chi connectivity index (χ3v) is 4.97. The van der Waals surface area contributed by atoms with Crippen LogP contribution < -0.4 is 5.32 Å². The van der Waals surface area contributed by atoms with Crippen molar-refractivity contribution >= 4 is 39.3 Å². The van der Waals surface area contributed by atoms with Crippen molar-refractivity contribution in [3.8, 4) is 0 Å². The van der Waals surface area contributed by atoms with Crippen molar-refractivity contribution in [2.45, 2.75) is 18.7 Å². The van der Waals surface area contributed by atoms with Crippen molar-refractivity contribution in [1.29, 1.82) is 0 Å². The Bertz CT molecular complexity index is 675. The van der Waals surface area contributed by atoms with Gasteiger partial charge < -0.3 is 5.32 Å². The molecular formula is C16H15BrFNOS. The van der Waals surface area contributed by atoms with Crippen molar-refractivity contribution in [2.24, 2.45) is 0 Å². The summed E-state index contributed by atoms with van der Waals surface area (Å²) in [5, 5.41) is 2.58. The first kappa shape index (κ1) is 16.0. The molecule has 1 amide bonds. The molecule has 0 saturated heterocycles. The molecule has 0 aromatic heterocycles. The molecular weight excluding hydrogens is 353 g/mol. The van der Waals surface area contributed by atoms with Gasteiger partial charge in [0.2, 0.25) is 5.91 Å². The minimum atomic E-state index is -0.425. The van der Waals surface area contributed by atoms with Gasteiger partial charge in [-0.1, -0.05) is 28.1 Å². The molecule has 2 aromatic rings. The Morgan fingerprint density at radius 3 is 2.67 bits per heavy atom. The molecule has 21 heavy (non-hydrogen) atoms. The number of nitrogens with one attached hydrogen (secondary N) is 1. The molecule has 0 aliphatic carbocycles. The fourth-order valence-corrected chi connectivity index (χ4v) is 3.17. The van der Waals surface area contributed by atoms with Crippen LogP contribution in [0.15, 0.2) is 45.8 Å². The molecule has 110 valence electrons. The quantitative estimate of drug-likeness (QED) is 0.775. The number of halogens is 2. The second kappa shape index (κ2) is 7.09. The molecule has 0 unspecified atom stereocenters. The number of carbonyl (C=O) groups excluding carboxylic acids is 1. The van der Waals surface area contributed by atoms with Crippen LogP contribution in [0.25, 0.3) is 0 Å². The van der Waals surface area contributed by atoms with E-state index in [0.717, 1.165) is 20.5 Å². The van der Waals surface area contributed by atoms with E-state index in [4.69, 9.17) is 0 Å². The Morgan fingerprint density at radius 1 is 1.24 bits per heavy atom. The molecule has 0 atom stereocenters. The van der Waals surface area contributed by atoms with Gasteiger partial charge in [0.25, 0.3) is 0 Å². The molecule has 0 radical (unpaired) electrons. The zero-order chi connectivity index (χ0) is 15.4. The van der Waals surface area contributed by atoms with E-state index in [-0.39, 0.29) is 17.3 Å². The topological polar surface area (TPSA) is 29.1 Å². The van der Waals surface area contributed by atoms with Crippen LogP contribution in [0.4, 0.5) is 10.1 Å². The van der Waals surface area contributed by atoms with Crippen LogP contribution >= 0.6 is 27.7 Å². The lowest BCUT2D eigenvalue weighted by Gasteiger charge is -2.09. The summed E-state index contributed by atoms with van der Waals surface area (Å²) in [5.41, 5.74) is 2.44. The highest BCUT2D eigenvalue weighted by molar-refractivity contribution is 9.10. The van der Waals surface area contributed by atoms with Gasteiger partial charge in [-0.05, 0) is 49.2 Å². The number of aryl methyl sites for hydroxylation is 2. The van der Waals surface area contributed by atoms with E-state index in [1.165, 1.54) is 17.8 Å². The summed E-state index contributed by atoms with van der Waals surface area (Å²) in [4.78, 5) is 12.9. The zero-order valence-electron chi connectivity index (χ0n) is 11.7. The van der Waals surface area contributed by atoms with Gasteiger partial charge in [0.15, 0.2) is 0 Å². The number of thioether (sulfide) groups is 1. The summed E-state index contributed by atoms with van der Waals surface area (Å²) in [6.07, 6.45) is 0. The second-order valence-electron chi connectivity index (χ2n) is 4.68. The number of anilines is 1. The predicted octanol–water partition coefficient (Wildman–Crippen LogP) is 4.94. The molecule has 0 aliphatic rings. The van der Waals surface area contributed by atoms with Crippen LogP contribution in [0.5, 0.6) is 0 Å². The molecule has 0 saturated carbocycles. The second-order valence-corrected chi connectivity index (χ2v) is 6.56. The van der Waals surface area contributed by atoms with Crippen molar-refractivity contribution in [3.63, 3.8) is 0 Å². The number of rotatable bonds is 4. The first-order chi connectivity index (χ1) is 9.97. The smallest absolute Gasteiger partial charge is 0.234 e. The molecule has 0 aliphatic heterocycles. The van der Waals surface area contributed by atoms with Gasteiger partial charge in [0.1, 0.15) is 5.82 Å². The number of amides is 1. The van der Waals surface area contributed by atoms with Gasteiger partial charge in [-0.3, -0.25) is 4.79 Å². The maximum Gasteiger partial charge on any atom is 0.234 e. The van der Waals surface area contributed by atoms with Crippen molar-refractivity contribution in [1.82, 2.24) is 0 Å². The van der Waals surface area contributed by atoms with E-state index in [0.29, 0.717) is 0 Å². The molecule has 0 bridgehead atoms. The Kier molecular flexibility index (Phi) is 5.42. The average Bonchev–Trinajstić information content (AvgIpc) is 2.44. The van der Waals surface area contributed by atoms with Crippen LogP contribution in [0.1, 0.15) is 11.1 Å². The summed E-state index contributed by atoms with van der Waals surface area (Å²) < 4.78 is 14.5. The van der Waals surface area contributed by atoms with Crippen LogP contribution in [-0.4, -0.2) is 11.7 Å². The Labute approximate surface area is 136 Å². The summed E-state index contributed by atoms with van der Waals surface area (Å²) in [5.74, 6) is -0.396. The van der Waals surface area contributed by atoms with Gasteiger partial charge in [-0.15, -0.1) is 11.8 Å². The average molecular weight is 368 g/mol. The van der Waals surface area contributed by atoms with Crippen LogP contribution in [0.2, 0.25) is 0 Å². The number of carbonyl (C=O) groups is 1. The van der Waals surface area contributed by atoms with Gasteiger partial charge >= 0.3 is 0 Å². The highest BCUT2D eigenvalue weighted by Crippen LogP contribution is 2.28. The largest absolute Gasteiger partial charge is 0.323 e. The summed E-state index contributed by atoms with van der Waals surface area (Å²) in [7, 11) is 0. The van der Waals surface area contributed by atoms with Gasteiger partial charge in [0.05, 0.1) is 11.4 Å². The monoisotopic (exact) mass is 367 g/mol. The Morgan fingerprint density at radius 2 is 1.95 bits per heavy atom. The van der Waals surface area contributed by atoms with Gasteiger partial charge in [0, 0.05) is 9.37 Å². The predicted molar refractivity (Wildman–Crippen MR) is 89.4 cm³/mol. The Hall–Kier alpha value is -1.33. The molecule has 0 heterocycles. The van der Waals surface area contributed by atoms with Crippen molar-refractivity contribution < 1.29 is 9.18 Å². The maximum absolute atomic E-state index is 13.4. The van der Waals surface area contributed by atoms with Crippen molar-refractivity contribution in [2.75, 3.05) is 11.1 Å². The fourth-order valence-electron chi connectivity index (χ4n) is 1.80. The molecule has 2 rings (SSSR count). The van der Waals surface area contributed by atoms with Crippen molar-refractivity contribution in [3.05, 3.63) is 57.8 Å². The third kappa shape index (κ3) is 4.32. The highest BCUT2D eigenvalue weighted by Gasteiger charge is 2.09. The lowest BCUT2D eigenvalue weighted by molar-refractivity contribution is -0.113.